The van der Waals surface area contributed by atoms with Crippen LogP contribution in [-0.4, -0.2) is 46.7 Å². The maximum atomic E-state index is 13.5. The number of rotatable bonds is 8. The van der Waals surface area contributed by atoms with Crippen molar-refractivity contribution in [2.75, 3.05) is 29.3 Å². The molecule has 4 rings (SSSR count). The molecule has 1 aliphatic rings. The number of halogens is 2. The summed E-state index contributed by atoms with van der Waals surface area (Å²) in [6, 6.07) is 17.6. The predicted molar refractivity (Wildman–Crippen MR) is 150 cm³/mol. The Morgan fingerprint density at radius 3 is 2.00 bits per heavy atom. The van der Waals surface area contributed by atoms with Crippen LogP contribution < -0.4 is 9.62 Å². The molecule has 0 aliphatic carbocycles. The molecular formula is C26H27Cl2N3O5S2. The minimum absolute atomic E-state index is 0.0438. The minimum Gasteiger partial charge on any atom is -0.325 e. The monoisotopic (exact) mass is 595 g/mol. The molecule has 0 saturated carbocycles. The van der Waals surface area contributed by atoms with Crippen molar-refractivity contribution in [1.82, 2.24) is 4.31 Å². The van der Waals surface area contributed by atoms with Crippen LogP contribution in [0.4, 0.5) is 11.4 Å². The Labute approximate surface area is 233 Å². The molecule has 0 spiro atoms. The number of carbonyl (C=O) groups is 1. The topological polar surface area (TPSA) is 104 Å². The zero-order valence-corrected chi connectivity index (χ0v) is 23.5. The number of amides is 1. The van der Waals surface area contributed by atoms with Gasteiger partial charge >= 0.3 is 0 Å². The molecule has 1 heterocycles. The van der Waals surface area contributed by atoms with Crippen LogP contribution in [0.1, 0.15) is 25.7 Å². The molecule has 0 atom stereocenters. The third-order valence-corrected chi connectivity index (χ3v) is 10.3. The normalized spacial score (nSPS) is 15.0. The average molecular weight is 597 g/mol. The zero-order valence-electron chi connectivity index (χ0n) is 20.4. The summed E-state index contributed by atoms with van der Waals surface area (Å²) in [6.45, 7) is 0.434. The molecule has 8 nitrogen and oxygen atoms in total. The molecule has 1 fully saturated rings. The second kappa shape index (κ2) is 12.0. The number of hydrogen-bond acceptors (Lipinski definition) is 5. The fourth-order valence-corrected chi connectivity index (χ4v) is 7.39. The summed E-state index contributed by atoms with van der Waals surface area (Å²) in [6.07, 6.45) is 3.68. The first-order valence-electron chi connectivity index (χ1n) is 12.0. The van der Waals surface area contributed by atoms with Crippen LogP contribution in [0.15, 0.2) is 82.6 Å². The van der Waals surface area contributed by atoms with E-state index in [1.807, 2.05) is 0 Å². The standard InChI is InChI=1S/C26H27Cl2N3O5S2/c27-20-8-12-25(13-9-20)38(35,36)31(23-7-5-6-21(28)18-23)19-26(32)29-22-10-14-24(15-11-22)37(33,34)30-16-3-1-2-4-17-30/h5-15,18H,1-4,16-17,19H2,(H,29,32). The van der Waals surface area contributed by atoms with Crippen molar-refractivity contribution in [3.05, 3.63) is 82.8 Å². The lowest BCUT2D eigenvalue weighted by Gasteiger charge is -2.24. The van der Waals surface area contributed by atoms with Gasteiger partial charge in [-0.05, 0) is 79.6 Å². The van der Waals surface area contributed by atoms with Gasteiger partial charge in [0.1, 0.15) is 6.54 Å². The Balaban J connectivity index is 1.53. The summed E-state index contributed by atoms with van der Waals surface area (Å²) >= 11 is 12.0. The highest BCUT2D eigenvalue weighted by atomic mass is 35.5. The Kier molecular flexibility index (Phi) is 9.00. The van der Waals surface area contributed by atoms with Gasteiger partial charge in [-0.1, -0.05) is 42.1 Å². The van der Waals surface area contributed by atoms with Gasteiger partial charge in [0.25, 0.3) is 10.0 Å². The quantitative estimate of drug-likeness (QED) is 0.376. The maximum Gasteiger partial charge on any atom is 0.264 e. The van der Waals surface area contributed by atoms with Crippen LogP contribution in [0, 0.1) is 0 Å². The second-order valence-electron chi connectivity index (χ2n) is 8.84. The van der Waals surface area contributed by atoms with Gasteiger partial charge in [0.2, 0.25) is 15.9 Å². The summed E-state index contributed by atoms with van der Waals surface area (Å²) in [4.78, 5) is 13.1. The van der Waals surface area contributed by atoms with Crippen molar-refractivity contribution in [3.63, 3.8) is 0 Å². The number of sulfonamides is 2. The lowest BCUT2D eigenvalue weighted by atomic mass is 10.2. The summed E-state index contributed by atoms with van der Waals surface area (Å²) in [5, 5.41) is 3.33. The van der Waals surface area contributed by atoms with Crippen molar-refractivity contribution >= 4 is 60.5 Å². The van der Waals surface area contributed by atoms with Crippen molar-refractivity contribution in [3.8, 4) is 0 Å². The van der Waals surface area contributed by atoms with E-state index in [1.54, 1.807) is 12.1 Å². The molecule has 38 heavy (non-hydrogen) atoms. The van der Waals surface area contributed by atoms with Crippen molar-refractivity contribution < 1.29 is 21.6 Å². The number of anilines is 2. The van der Waals surface area contributed by atoms with Crippen molar-refractivity contribution in [1.29, 1.82) is 0 Å². The Hall–Kier alpha value is -2.63. The van der Waals surface area contributed by atoms with Gasteiger partial charge in [-0.3, -0.25) is 9.10 Å². The maximum absolute atomic E-state index is 13.5. The summed E-state index contributed by atoms with van der Waals surface area (Å²) in [5.41, 5.74) is 0.543. The second-order valence-corrected chi connectivity index (χ2v) is 13.5. The first-order valence-corrected chi connectivity index (χ1v) is 15.6. The van der Waals surface area contributed by atoms with Crippen LogP contribution >= 0.6 is 23.2 Å². The minimum atomic E-state index is -4.15. The molecule has 1 amide bonds. The molecule has 202 valence electrons. The molecule has 0 bridgehead atoms. The fourth-order valence-electron chi connectivity index (χ4n) is 4.15. The van der Waals surface area contributed by atoms with Crippen molar-refractivity contribution in [2.45, 2.75) is 35.5 Å². The molecular weight excluding hydrogens is 569 g/mol. The van der Waals surface area contributed by atoms with E-state index in [0.29, 0.717) is 28.8 Å². The smallest absolute Gasteiger partial charge is 0.264 e. The Morgan fingerprint density at radius 1 is 0.789 bits per heavy atom. The summed E-state index contributed by atoms with van der Waals surface area (Å²) < 4.78 is 55.4. The van der Waals surface area contributed by atoms with E-state index in [1.165, 1.54) is 65.0 Å². The highest BCUT2D eigenvalue weighted by molar-refractivity contribution is 7.92. The zero-order chi connectivity index (χ0) is 27.3. The highest BCUT2D eigenvalue weighted by Gasteiger charge is 2.28. The highest BCUT2D eigenvalue weighted by Crippen LogP contribution is 2.27. The van der Waals surface area contributed by atoms with Crippen LogP contribution in [-0.2, 0) is 24.8 Å². The molecule has 0 unspecified atom stereocenters. The van der Waals surface area contributed by atoms with E-state index in [4.69, 9.17) is 23.2 Å². The first kappa shape index (κ1) is 28.4. The molecule has 3 aromatic rings. The number of benzene rings is 3. The third-order valence-electron chi connectivity index (χ3n) is 6.13. The number of nitrogens with one attached hydrogen (secondary N) is 1. The van der Waals surface area contributed by atoms with Crippen LogP contribution in [0.5, 0.6) is 0 Å². The van der Waals surface area contributed by atoms with Gasteiger partial charge in [-0.2, -0.15) is 4.31 Å². The predicted octanol–water partition coefficient (Wildman–Crippen LogP) is 5.39. The Morgan fingerprint density at radius 2 is 1.39 bits per heavy atom. The van der Waals surface area contributed by atoms with Gasteiger partial charge in [0.15, 0.2) is 0 Å². The van der Waals surface area contributed by atoms with Crippen LogP contribution in [0.3, 0.4) is 0 Å². The van der Waals surface area contributed by atoms with E-state index < -0.39 is 32.5 Å². The number of carbonyl (C=O) groups excluding carboxylic acids is 1. The fraction of sp³-hybridized carbons (Fsp3) is 0.269. The van der Waals surface area contributed by atoms with Crippen LogP contribution in [0.25, 0.3) is 0 Å². The molecule has 1 saturated heterocycles. The SMILES string of the molecule is O=C(CN(c1cccc(Cl)c1)S(=O)(=O)c1ccc(Cl)cc1)Nc1ccc(S(=O)(=O)N2CCCCCC2)cc1. The molecule has 0 aromatic heterocycles. The van der Waals surface area contributed by atoms with E-state index in [0.717, 1.165) is 30.0 Å². The largest absolute Gasteiger partial charge is 0.325 e. The van der Waals surface area contributed by atoms with E-state index in [-0.39, 0.29) is 15.5 Å². The number of nitrogens with zero attached hydrogens (tertiary/aromatic N) is 2. The molecule has 12 heteroatoms. The van der Waals surface area contributed by atoms with Gasteiger partial charge in [0, 0.05) is 28.8 Å². The van der Waals surface area contributed by atoms with Gasteiger partial charge in [-0.15, -0.1) is 0 Å². The lowest BCUT2D eigenvalue weighted by molar-refractivity contribution is -0.114. The number of hydrogen-bond donors (Lipinski definition) is 1. The van der Waals surface area contributed by atoms with E-state index >= 15 is 0 Å². The first-order chi connectivity index (χ1) is 18.1. The lowest BCUT2D eigenvalue weighted by Crippen LogP contribution is -2.38. The third kappa shape index (κ3) is 6.68. The molecule has 1 aliphatic heterocycles. The van der Waals surface area contributed by atoms with E-state index in [2.05, 4.69) is 5.32 Å². The van der Waals surface area contributed by atoms with Crippen molar-refractivity contribution in [2.24, 2.45) is 0 Å². The summed E-state index contributed by atoms with van der Waals surface area (Å²) in [5.74, 6) is -0.620. The van der Waals surface area contributed by atoms with Gasteiger partial charge in [-0.25, -0.2) is 16.8 Å². The average Bonchev–Trinajstić information content (AvgIpc) is 3.18. The summed E-state index contributed by atoms with van der Waals surface area (Å²) in [7, 11) is -7.78. The molecule has 1 N–H and O–H groups in total. The molecule has 3 aromatic carbocycles. The van der Waals surface area contributed by atoms with Crippen LogP contribution in [0.2, 0.25) is 10.0 Å². The van der Waals surface area contributed by atoms with E-state index in [9.17, 15) is 21.6 Å². The Bertz CT molecular complexity index is 1490. The van der Waals surface area contributed by atoms with Gasteiger partial charge < -0.3 is 5.32 Å². The molecule has 0 radical (unpaired) electrons. The van der Waals surface area contributed by atoms with Gasteiger partial charge in [0.05, 0.1) is 15.5 Å².